The molecule has 1 fully saturated rings. The highest BCUT2D eigenvalue weighted by molar-refractivity contribution is 5.73. The van der Waals surface area contributed by atoms with E-state index in [2.05, 4.69) is 24.8 Å². The number of hydrogen-bond donors (Lipinski definition) is 1. The van der Waals surface area contributed by atoms with Crippen LogP contribution in [0.15, 0.2) is 64.4 Å². The van der Waals surface area contributed by atoms with Crippen molar-refractivity contribution in [2.75, 3.05) is 36.0 Å². The van der Waals surface area contributed by atoms with Gasteiger partial charge in [0.25, 0.3) is 5.56 Å². The maximum atomic E-state index is 13.2. The van der Waals surface area contributed by atoms with Crippen LogP contribution in [0, 0.1) is 5.82 Å². The van der Waals surface area contributed by atoms with E-state index in [1.165, 1.54) is 30.5 Å². The molecule has 0 unspecified atom stereocenters. The fraction of sp³-hybridized carbons (Fsp3) is 0.190. The summed E-state index contributed by atoms with van der Waals surface area (Å²) >= 11 is 0. The number of piperazine rings is 1. The van der Waals surface area contributed by atoms with Crippen molar-refractivity contribution in [3.05, 3.63) is 81.5 Å². The zero-order valence-corrected chi connectivity index (χ0v) is 16.4. The number of halogens is 1. The van der Waals surface area contributed by atoms with E-state index in [0.29, 0.717) is 19.0 Å². The zero-order chi connectivity index (χ0) is 21.4. The Morgan fingerprint density at radius 1 is 0.903 bits per heavy atom. The third kappa shape index (κ3) is 3.52. The topological polar surface area (TPSA) is 100 Å². The minimum absolute atomic E-state index is 0.172. The minimum atomic E-state index is -0.645. The fourth-order valence-corrected chi connectivity index (χ4v) is 3.65. The summed E-state index contributed by atoms with van der Waals surface area (Å²) < 4.78 is 14.1. The molecule has 31 heavy (non-hydrogen) atoms. The summed E-state index contributed by atoms with van der Waals surface area (Å²) in [6.45, 7) is 2.86. The Kier molecular flexibility index (Phi) is 4.66. The average Bonchev–Trinajstić information content (AvgIpc) is 2.80. The van der Waals surface area contributed by atoms with Gasteiger partial charge in [0.15, 0.2) is 5.65 Å². The van der Waals surface area contributed by atoms with Crippen molar-refractivity contribution in [2.45, 2.75) is 0 Å². The first-order valence-electron chi connectivity index (χ1n) is 9.79. The fourth-order valence-electron chi connectivity index (χ4n) is 3.65. The van der Waals surface area contributed by atoms with Crippen LogP contribution in [0.25, 0.3) is 16.7 Å². The summed E-state index contributed by atoms with van der Waals surface area (Å²) in [6.07, 6.45) is 3.18. The number of fused-ring (bicyclic) bond motifs is 1. The number of aromatic amines is 1. The van der Waals surface area contributed by atoms with Gasteiger partial charge in [-0.3, -0.25) is 9.78 Å². The third-order valence-electron chi connectivity index (χ3n) is 5.26. The molecule has 0 radical (unpaired) electrons. The van der Waals surface area contributed by atoms with Crippen LogP contribution in [0.4, 0.5) is 16.2 Å². The standard InChI is InChI=1S/C21H18FN7O2/c22-14-4-6-15(7-5-14)29-19(30)16-13-24-20(25-18(16)26-21(29)31)28-11-9-27(10-12-28)17-3-1-2-8-23-17/h1-8,13H,9-12H2,(H,24,25,26,31). The van der Waals surface area contributed by atoms with Crippen molar-refractivity contribution in [2.24, 2.45) is 0 Å². The van der Waals surface area contributed by atoms with E-state index in [1.54, 1.807) is 6.20 Å². The van der Waals surface area contributed by atoms with Crippen LogP contribution in [-0.2, 0) is 0 Å². The van der Waals surface area contributed by atoms with Crippen LogP contribution >= 0.6 is 0 Å². The molecule has 1 N–H and O–H groups in total. The Balaban J connectivity index is 1.43. The SMILES string of the molecule is O=c1[nH]c2nc(N3CCN(c4ccccn4)CC3)ncc2c(=O)n1-c1ccc(F)cc1. The molecule has 1 saturated heterocycles. The molecule has 3 aromatic heterocycles. The molecule has 9 nitrogen and oxygen atoms in total. The van der Waals surface area contributed by atoms with Gasteiger partial charge in [0.2, 0.25) is 5.95 Å². The van der Waals surface area contributed by atoms with E-state index in [1.807, 2.05) is 23.1 Å². The maximum absolute atomic E-state index is 13.2. The minimum Gasteiger partial charge on any atom is -0.353 e. The quantitative estimate of drug-likeness (QED) is 0.535. The first-order valence-corrected chi connectivity index (χ1v) is 9.79. The average molecular weight is 419 g/mol. The lowest BCUT2D eigenvalue weighted by atomic mass is 10.3. The summed E-state index contributed by atoms with van der Waals surface area (Å²) in [5.41, 5.74) is -0.764. The Labute approximate surface area is 175 Å². The van der Waals surface area contributed by atoms with Gasteiger partial charge in [-0.05, 0) is 36.4 Å². The van der Waals surface area contributed by atoms with Crippen LogP contribution < -0.4 is 21.0 Å². The Hall–Kier alpha value is -4.08. The number of hydrogen-bond acceptors (Lipinski definition) is 7. The van der Waals surface area contributed by atoms with Gasteiger partial charge in [0.1, 0.15) is 17.0 Å². The summed E-state index contributed by atoms with van der Waals surface area (Å²) in [7, 11) is 0. The van der Waals surface area contributed by atoms with Gasteiger partial charge in [-0.15, -0.1) is 0 Å². The molecular weight excluding hydrogens is 401 g/mol. The number of pyridine rings is 1. The van der Waals surface area contributed by atoms with Crippen LogP contribution in [0.1, 0.15) is 0 Å². The van der Waals surface area contributed by atoms with E-state index in [0.717, 1.165) is 23.5 Å². The third-order valence-corrected chi connectivity index (χ3v) is 5.26. The van der Waals surface area contributed by atoms with Crippen LogP contribution in [-0.4, -0.2) is 50.7 Å². The van der Waals surface area contributed by atoms with Crippen molar-refractivity contribution >= 4 is 22.8 Å². The van der Waals surface area contributed by atoms with Crippen molar-refractivity contribution in [3.8, 4) is 5.69 Å². The molecule has 4 heterocycles. The molecule has 156 valence electrons. The second-order valence-electron chi connectivity index (χ2n) is 7.14. The highest BCUT2D eigenvalue weighted by Crippen LogP contribution is 2.17. The maximum Gasteiger partial charge on any atom is 0.334 e. The highest BCUT2D eigenvalue weighted by Gasteiger charge is 2.21. The van der Waals surface area contributed by atoms with Crippen molar-refractivity contribution in [1.29, 1.82) is 0 Å². The second-order valence-corrected chi connectivity index (χ2v) is 7.14. The predicted molar refractivity (Wildman–Crippen MR) is 114 cm³/mol. The first kappa shape index (κ1) is 18.9. The largest absolute Gasteiger partial charge is 0.353 e. The lowest BCUT2D eigenvalue weighted by Gasteiger charge is -2.35. The van der Waals surface area contributed by atoms with Gasteiger partial charge in [-0.25, -0.2) is 23.7 Å². The van der Waals surface area contributed by atoms with Gasteiger partial charge >= 0.3 is 5.69 Å². The number of H-pyrrole nitrogens is 1. The number of anilines is 2. The van der Waals surface area contributed by atoms with Crippen LogP contribution in [0.2, 0.25) is 0 Å². The molecule has 1 aliphatic rings. The second kappa shape index (κ2) is 7.63. The van der Waals surface area contributed by atoms with E-state index in [-0.39, 0.29) is 16.7 Å². The highest BCUT2D eigenvalue weighted by atomic mass is 19.1. The molecule has 10 heteroatoms. The Bertz CT molecular complexity index is 1340. The smallest absolute Gasteiger partial charge is 0.334 e. The molecule has 0 amide bonds. The van der Waals surface area contributed by atoms with Crippen molar-refractivity contribution < 1.29 is 4.39 Å². The Morgan fingerprint density at radius 3 is 2.35 bits per heavy atom. The normalized spacial score (nSPS) is 14.2. The van der Waals surface area contributed by atoms with Crippen LogP contribution in [0.5, 0.6) is 0 Å². The van der Waals surface area contributed by atoms with Crippen molar-refractivity contribution in [1.82, 2.24) is 24.5 Å². The van der Waals surface area contributed by atoms with Gasteiger partial charge in [0, 0.05) is 38.6 Å². The molecule has 0 saturated carbocycles. The molecule has 0 atom stereocenters. The summed E-state index contributed by atoms with van der Waals surface area (Å²) in [4.78, 5) is 45.4. The predicted octanol–water partition coefficient (Wildman–Crippen LogP) is 1.33. The lowest BCUT2D eigenvalue weighted by molar-refractivity contribution is 0.627. The molecule has 0 bridgehead atoms. The summed E-state index contributed by atoms with van der Waals surface area (Å²) in [6, 6.07) is 10.9. The molecule has 5 rings (SSSR count). The van der Waals surface area contributed by atoms with E-state index in [9.17, 15) is 14.0 Å². The number of nitrogens with zero attached hydrogens (tertiary/aromatic N) is 6. The number of nitrogens with one attached hydrogen (secondary N) is 1. The van der Waals surface area contributed by atoms with Gasteiger partial charge in [-0.1, -0.05) is 6.07 Å². The van der Waals surface area contributed by atoms with E-state index < -0.39 is 17.1 Å². The van der Waals surface area contributed by atoms with Crippen molar-refractivity contribution in [3.63, 3.8) is 0 Å². The van der Waals surface area contributed by atoms with E-state index >= 15 is 0 Å². The van der Waals surface area contributed by atoms with Gasteiger partial charge in [0.05, 0.1) is 5.69 Å². The molecular formula is C21H18FN7O2. The molecule has 1 aliphatic heterocycles. The molecule has 0 spiro atoms. The Morgan fingerprint density at radius 2 is 1.65 bits per heavy atom. The molecule has 1 aromatic carbocycles. The number of aromatic nitrogens is 5. The number of benzene rings is 1. The first-order chi connectivity index (χ1) is 15.1. The van der Waals surface area contributed by atoms with Crippen LogP contribution in [0.3, 0.4) is 0 Å². The van der Waals surface area contributed by atoms with Gasteiger partial charge in [-0.2, -0.15) is 4.98 Å². The van der Waals surface area contributed by atoms with Gasteiger partial charge < -0.3 is 9.80 Å². The summed E-state index contributed by atoms with van der Waals surface area (Å²) in [5.74, 6) is 0.917. The number of rotatable bonds is 3. The lowest BCUT2D eigenvalue weighted by Crippen LogP contribution is -2.47. The monoisotopic (exact) mass is 419 g/mol. The molecule has 4 aromatic rings. The molecule has 0 aliphatic carbocycles. The zero-order valence-electron chi connectivity index (χ0n) is 16.4. The summed E-state index contributed by atoms with van der Waals surface area (Å²) in [5, 5.41) is 0.180. The van der Waals surface area contributed by atoms with E-state index in [4.69, 9.17) is 0 Å².